The third-order valence-corrected chi connectivity index (χ3v) is 3.63. The Bertz CT molecular complexity index is 857. The number of para-hydroxylation sites is 1. The van der Waals surface area contributed by atoms with E-state index in [1.807, 2.05) is 18.3 Å². The van der Waals surface area contributed by atoms with Crippen molar-refractivity contribution in [2.75, 3.05) is 11.9 Å². The molecule has 0 bridgehead atoms. The monoisotopic (exact) mass is 277 g/mol. The van der Waals surface area contributed by atoms with Gasteiger partial charge in [-0.2, -0.15) is 0 Å². The highest BCUT2D eigenvalue weighted by molar-refractivity contribution is 5.86. The maximum Gasteiger partial charge on any atom is 0.142 e. The van der Waals surface area contributed by atoms with Gasteiger partial charge in [0.15, 0.2) is 0 Å². The normalized spacial score (nSPS) is 11.2. The summed E-state index contributed by atoms with van der Waals surface area (Å²) in [5, 5.41) is 5.65. The van der Waals surface area contributed by atoms with Crippen LogP contribution in [0.25, 0.3) is 21.9 Å². The van der Waals surface area contributed by atoms with E-state index in [0.717, 1.165) is 29.8 Å². The van der Waals surface area contributed by atoms with Crippen LogP contribution in [0.3, 0.4) is 0 Å². The minimum atomic E-state index is 0.824. The number of hydrogen-bond donors (Lipinski definition) is 3. The Balaban J connectivity index is 1.48. The molecule has 0 fully saturated rings. The first-order valence-corrected chi connectivity index (χ1v) is 6.99. The maximum absolute atomic E-state index is 4.30. The minimum absolute atomic E-state index is 0.824. The topological polar surface area (TPSA) is 69.4 Å². The molecule has 4 aromatic rings. The summed E-state index contributed by atoms with van der Waals surface area (Å²) in [6, 6.07) is 12.5. The van der Waals surface area contributed by atoms with Crippen LogP contribution in [-0.4, -0.2) is 26.5 Å². The number of benzene rings is 1. The summed E-state index contributed by atoms with van der Waals surface area (Å²) in [7, 11) is 0. The standard InChI is InChI=1S/C16H15N5/c1-2-4-14-11(3-1)9-12(21-14)5-7-17-15-13-6-8-18-16(13)20-10-19-15/h1-4,6,8-10,21H,5,7H2,(H2,17,18,19,20). The molecule has 0 spiro atoms. The molecule has 5 heteroatoms. The van der Waals surface area contributed by atoms with Crippen molar-refractivity contribution in [1.82, 2.24) is 19.9 Å². The SMILES string of the molecule is c1ccc2[nH]c(CCNc3ncnc4[nH]ccc34)cc2c1. The van der Waals surface area contributed by atoms with Gasteiger partial charge in [-0.25, -0.2) is 9.97 Å². The Morgan fingerprint density at radius 2 is 2.05 bits per heavy atom. The van der Waals surface area contributed by atoms with Crippen molar-refractivity contribution in [2.24, 2.45) is 0 Å². The lowest BCUT2D eigenvalue weighted by atomic mass is 10.2. The summed E-state index contributed by atoms with van der Waals surface area (Å²) >= 11 is 0. The molecule has 3 N–H and O–H groups in total. The van der Waals surface area contributed by atoms with Crippen molar-refractivity contribution in [1.29, 1.82) is 0 Å². The Kier molecular flexibility index (Phi) is 2.81. The average Bonchev–Trinajstić information content (AvgIpc) is 3.13. The second-order valence-electron chi connectivity index (χ2n) is 5.02. The molecule has 104 valence electrons. The Labute approximate surface area is 121 Å². The third kappa shape index (κ3) is 2.23. The van der Waals surface area contributed by atoms with E-state index in [-0.39, 0.29) is 0 Å². The second-order valence-corrected chi connectivity index (χ2v) is 5.02. The van der Waals surface area contributed by atoms with Gasteiger partial charge in [-0.15, -0.1) is 0 Å². The molecule has 0 aliphatic heterocycles. The molecule has 0 aliphatic rings. The third-order valence-electron chi connectivity index (χ3n) is 3.63. The molecule has 0 atom stereocenters. The molecular weight excluding hydrogens is 262 g/mol. The molecule has 3 aromatic heterocycles. The van der Waals surface area contributed by atoms with Crippen LogP contribution in [-0.2, 0) is 6.42 Å². The quantitative estimate of drug-likeness (QED) is 0.537. The predicted octanol–water partition coefficient (Wildman–Crippen LogP) is 3.09. The highest BCUT2D eigenvalue weighted by Crippen LogP contribution is 2.18. The fourth-order valence-electron chi connectivity index (χ4n) is 2.60. The van der Waals surface area contributed by atoms with Crippen molar-refractivity contribution >= 4 is 27.8 Å². The van der Waals surface area contributed by atoms with Crippen LogP contribution in [0.4, 0.5) is 5.82 Å². The van der Waals surface area contributed by atoms with Crippen molar-refractivity contribution in [3.8, 4) is 0 Å². The van der Waals surface area contributed by atoms with Gasteiger partial charge in [-0.3, -0.25) is 0 Å². The van der Waals surface area contributed by atoms with Crippen molar-refractivity contribution in [3.63, 3.8) is 0 Å². The summed E-state index contributed by atoms with van der Waals surface area (Å²) in [5.74, 6) is 0.873. The largest absolute Gasteiger partial charge is 0.369 e. The van der Waals surface area contributed by atoms with Crippen LogP contribution >= 0.6 is 0 Å². The zero-order valence-corrected chi connectivity index (χ0v) is 11.4. The van der Waals surface area contributed by atoms with E-state index in [2.05, 4.69) is 49.5 Å². The highest BCUT2D eigenvalue weighted by atomic mass is 15.0. The molecular formula is C16H15N5. The summed E-state index contributed by atoms with van der Waals surface area (Å²) in [5.41, 5.74) is 3.27. The Morgan fingerprint density at radius 3 is 3.00 bits per heavy atom. The van der Waals surface area contributed by atoms with Crippen molar-refractivity contribution < 1.29 is 0 Å². The summed E-state index contributed by atoms with van der Waals surface area (Å²) in [6.45, 7) is 0.824. The van der Waals surface area contributed by atoms with Crippen LogP contribution in [0.15, 0.2) is 48.9 Å². The molecule has 0 aliphatic carbocycles. The lowest BCUT2D eigenvalue weighted by molar-refractivity contribution is 0.973. The molecule has 5 nitrogen and oxygen atoms in total. The molecule has 1 aromatic carbocycles. The number of hydrogen-bond acceptors (Lipinski definition) is 3. The van der Waals surface area contributed by atoms with Crippen LogP contribution in [0, 0.1) is 0 Å². The number of aromatic amines is 2. The first-order chi connectivity index (χ1) is 10.4. The second kappa shape index (κ2) is 4.94. The van der Waals surface area contributed by atoms with Gasteiger partial charge >= 0.3 is 0 Å². The van der Waals surface area contributed by atoms with E-state index < -0.39 is 0 Å². The van der Waals surface area contributed by atoms with E-state index in [0.29, 0.717) is 0 Å². The van der Waals surface area contributed by atoms with E-state index in [9.17, 15) is 0 Å². The maximum atomic E-state index is 4.30. The average molecular weight is 277 g/mol. The van der Waals surface area contributed by atoms with Crippen LogP contribution < -0.4 is 5.32 Å². The van der Waals surface area contributed by atoms with Gasteiger partial charge in [-0.1, -0.05) is 18.2 Å². The van der Waals surface area contributed by atoms with Gasteiger partial charge in [0.1, 0.15) is 17.8 Å². The number of H-pyrrole nitrogens is 2. The van der Waals surface area contributed by atoms with Crippen LogP contribution in [0.5, 0.6) is 0 Å². The van der Waals surface area contributed by atoms with E-state index >= 15 is 0 Å². The fraction of sp³-hybridized carbons (Fsp3) is 0.125. The molecule has 3 heterocycles. The number of fused-ring (bicyclic) bond motifs is 2. The molecule has 0 saturated carbocycles. The van der Waals surface area contributed by atoms with Crippen molar-refractivity contribution in [2.45, 2.75) is 6.42 Å². The van der Waals surface area contributed by atoms with E-state index in [1.54, 1.807) is 6.33 Å². The zero-order valence-electron chi connectivity index (χ0n) is 11.4. The van der Waals surface area contributed by atoms with Gasteiger partial charge in [0, 0.05) is 30.4 Å². The number of anilines is 1. The van der Waals surface area contributed by atoms with Gasteiger partial charge in [0.05, 0.1) is 5.39 Å². The minimum Gasteiger partial charge on any atom is -0.369 e. The van der Waals surface area contributed by atoms with Crippen LogP contribution in [0.1, 0.15) is 5.69 Å². The predicted molar refractivity (Wildman–Crippen MR) is 84.4 cm³/mol. The van der Waals surface area contributed by atoms with Gasteiger partial charge < -0.3 is 15.3 Å². The fourth-order valence-corrected chi connectivity index (χ4v) is 2.60. The summed E-state index contributed by atoms with van der Waals surface area (Å²) in [4.78, 5) is 15.0. The Hall–Kier alpha value is -2.82. The van der Waals surface area contributed by atoms with E-state index in [4.69, 9.17) is 0 Å². The van der Waals surface area contributed by atoms with Gasteiger partial charge in [-0.05, 0) is 23.6 Å². The number of rotatable bonds is 4. The van der Waals surface area contributed by atoms with E-state index in [1.165, 1.54) is 16.6 Å². The number of nitrogens with zero attached hydrogens (tertiary/aromatic N) is 2. The molecule has 0 amide bonds. The Morgan fingerprint density at radius 1 is 1.10 bits per heavy atom. The molecule has 0 unspecified atom stereocenters. The first-order valence-electron chi connectivity index (χ1n) is 6.99. The number of aromatic nitrogens is 4. The highest BCUT2D eigenvalue weighted by Gasteiger charge is 2.04. The molecule has 4 rings (SSSR count). The van der Waals surface area contributed by atoms with Crippen LogP contribution in [0.2, 0.25) is 0 Å². The lowest BCUT2D eigenvalue weighted by Crippen LogP contribution is -2.06. The molecule has 21 heavy (non-hydrogen) atoms. The molecule has 0 radical (unpaired) electrons. The van der Waals surface area contributed by atoms with Crippen molar-refractivity contribution in [3.05, 3.63) is 54.6 Å². The number of nitrogens with one attached hydrogen (secondary N) is 3. The van der Waals surface area contributed by atoms with Gasteiger partial charge in [0.25, 0.3) is 0 Å². The molecule has 0 saturated heterocycles. The van der Waals surface area contributed by atoms with Gasteiger partial charge in [0.2, 0.25) is 0 Å². The lowest BCUT2D eigenvalue weighted by Gasteiger charge is -2.05. The summed E-state index contributed by atoms with van der Waals surface area (Å²) in [6.07, 6.45) is 4.37. The smallest absolute Gasteiger partial charge is 0.142 e. The zero-order chi connectivity index (χ0) is 14.1. The first kappa shape index (κ1) is 12.0. The summed E-state index contributed by atoms with van der Waals surface area (Å²) < 4.78 is 0.